The van der Waals surface area contributed by atoms with Crippen molar-refractivity contribution in [3.8, 4) is 11.5 Å². The van der Waals surface area contributed by atoms with Crippen LogP contribution in [0.3, 0.4) is 0 Å². The maximum absolute atomic E-state index is 13.1. The van der Waals surface area contributed by atoms with Gasteiger partial charge in [0.2, 0.25) is 0 Å². The van der Waals surface area contributed by atoms with E-state index in [1.54, 1.807) is 13.0 Å². The van der Waals surface area contributed by atoms with Gasteiger partial charge in [-0.05, 0) is 57.2 Å². The predicted molar refractivity (Wildman–Crippen MR) is 138 cm³/mol. The number of likely N-dealkylation sites (N-methyl/N-ethyl adjacent to an activating group) is 1. The van der Waals surface area contributed by atoms with Crippen LogP contribution in [0.2, 0.25) is 0 Å². The molecule has 1 unspecified atom stereocenters. The van der Waals surface area contributed by atoms with Crippen molar-refractivity contribution < 1.29 is 23.8 Å². The number of fused-ring (bicyclic) bond motifs is 6. The third-order valence-corrected chi connectivity index (χ3v) is 6.92. The molecule has 0 amide bonds. The number of esters is 2. The molecule has 0 bridgehead atoms. The Balaban J connectivity index is 1.68. The molecule has 36 heavy (non-hydrogen) atoms. The summed E-state index contributed by atoms with van der Waals surface area (Å²) in [6, 6.07) is 19.3. The molecule has 2 aliphatic rings. The van der Waals surface area contributed by atoms with Crippen molar-refractivity contribution in [2.24, 2.45) is 0 Å². The minimum Gasteiger partial charge on any atom is -0.465 e. The SMILES string of the molecule is CCOC(=O)CN(C)c1ccc2c(c1)C1(OC(=O)c3ccccc31)c1ccc(N(CC)CC)cc1O2. The molecule has 2 heterocycles. The van der Waals surface area contributed by atoms with Gasteiger partial charge in [0, 0.05) is 54.3 Å². The van der Waals surface area contributed by atoms with Gasteiger partial charge in [-0.15, -0.1) is 0 Å². The largest absolute Gasteiger partial charge is 0.465 e. The molecule has 0 aliphatic carbocycles. The van der Waals surface area contributed by atoms with E-state index in [1.807, 2.05) is 66.5 Å². The first-order valence-electron chi connectivity index (χ1n) is 12.3. The molecular weight excluding hydrogens is 456 g/mol. The van der Waals surface area contributed by atoms with Gasteiger partial charge in [0.25, 0.3) is 0 Å². The first-order chi connectivity index (χ1) is 17.4. The van der Waals surface area contributed by atoms with Crippen molar-refractivity contribution in [3.05, 3.63) is 82.9 Å². The van der Waals surface area contributed by atoms with Crippen molar-refractivity contribution in [2.75, 3.05) is 43.1 Å². The molecule has 0 radical (unpaired) electrons. The fourth-order valence-electron chi connectivity index (χ4n) is 5.16. The lowest BCUT2D eigenvalue weighted by molar-refractivity contribution is -0.141. The lowest BCUT2D eigenvalue weighted by Gasteiger charge is -2.37. The van der Waals surface area contributed by atoms with E-state index in [2.05, 4.69) is 18.7 Å². The van der Waals surface area contributed by atoms with E-state index < -0.39 is 5.60 Å². The second-order valence-corrected chi connectivity index (χ2v) is 8.91. The highest BCUT2D eigenvalue weighted by Gasteiger charge is 2.53. The smallest absolute Gasteiger partial charge is 0.340 e. The fraction of sp³-hybridized carbons (Fsp3) is 0.310. The third-order valence-electron chi connectivity index (χ3n) is 6.92. The molecule has 7 nitrogen and oxygen atoms in total. The topological polar surface area (TPSA) is 68.3 Å². The van der Waals surface area contributed by atoms with Gasteiger partial charge < -0.3 is 24.0 Å². The second-order valence-electron chi connectivity index (χ2n) is 8.91. The summed E-state index contributed by atoms with van der Waals surface area (Å²) in [6.45, 7) is 8.17. The van der Waals surface area contributed by atoms with Crippen LogP contribution in [0.1, 0.15) is 47.8 Å². The monoisotopic (exact) mass is 486 g/mol. The predicted octanol–water partition coefficient (Wildman–Crippen LogP) is 5.10. The van der Waals surface area contributed by atoms with Crippen LogP contribution in [0.5, 0.6) is 11.5 Å². The van der Waals surface area contributed by atoms with Crippen molar-refractivity contribution in [1.29, 1.82) is 0 Å². The quantitative estimate of drug-likeness (QED) is 0.431. The molecule has 0 fully saturated rings. The van der Waals surface area contributed by atoms with Gasteiger partial charge in [0.05, 0.1) is 12.2 Å². The van der Waals surface area contributed by atoms with Crippen LogP contribution in [0.4, 0.5) is 11.4 Å². The molecule has 1 spiro atoms. The number of carbonyl (C=O) groups excluding carboxylic acids is 2. The zero-order chi connectivity index (χ0) is 25.4. The van der Waals surface area contributed by atoms with Crippen LogP contribution in [0, 0.1) is 0 Å². The van der Waals surface area contributed by atoms with Crippen LogP contribution in [-0.2, 0) is 19.9 Å². The van der Waals surface area contributed by atoms with Gasteiger partial charge in [0.15, 0.2) is 5.60 Å². The molecule has 0 aromatic heterocycles. The average molecular weight is 487 g/mol. The summed E-state index contributed by atoms with van der Waals surface area (Å²) < 4.78 is 17.8. The number of hydrogen-bond donors (Lipinski definition) is 0. The van der Waals surface area contributed by atoms with Gasteiger partial charge in [-0.25, -0.2) is 4.79 Å². The van der Waals surface area contributed by atoms with E-state index in [-0.39, 0.29) is 18.5 Å². The maximum atomic E-state index is 13.1. The van der Waals surface area contributed by atoms with Crippen molar-refractivity contribution in [2.45, 2.75) is 26.4 Å². The first kappa shape index (κ1) is 23.7. The zero-order valence-electron chi connectivity index (χ0n) is 21.0. The molecule has 0 saturated heterocycles. The summed E-state index contributed by atoms with van der Waals surface area (Å²) in [5, 5.41) is 0. The number of rotatable bonds is 7. The number of nitrogens with zero attached hydrogens (tertiary/aromatic N) is 2. The highest BCUT2D eigenvalue weighted by atomic mass is 16.6. The Labute approximate surface area is 211 Å². The highest BCUT2D eigenvalue weighted by Crippen LogP contribution is 2.57. The number of carbonyl (C=O) groups is 2. The Morgan fingerprint density at radius 1 is 0.889 bits per heavy atom. The van der Waals surface area contributed by atoms with E-state index in [0.29, 0.717) is 23.7 Å². The molecule has 1 atom stereocenters. The standard InChI is InChI=1S/C29H30N2O5/c1-5-31(6-2)20-12-14-23-26(17-20)35-25-15-13-19(30(4)18-27(32)34-7-3)16-24(25)29(23)22-11-9-8-10-21(22)28(33)36-29/h8-17H,5-7,18H2,1-4H3. The summed E-state index contributed by atoms with van der Waals surface area (Å²) in [6.07, 6.45) is 0. The second kappa shape index (κ2) is 9.22. The zero-order valence-corrected chi connectivity index (χ0v) is 21.0. The van der Waals surface area contributed by atoms with Crippen LogP contribution < -0.4 is 14.5 Å². The molecule has 0 saturated carbocycles. The highest BCUT2D eigenvalue weighted by molar-refractivity contribution is 5.97. The van der Waals surface area contributed by atoms with Gasteiger partial charge in [-0.1, -0.05) is 18.2 Å². The fourth-order valence-corrected chi connectivity index (χ4v) is 5.16. The number of benzene rings is 3. The summed E-state index contributed by atoms with van der Waals surface area (Å²) in [5.74, 6) is 0.583. The molecule has 0 N–H and O–H groups in total. The van der Waals surface area contributed by atoms with E-state index in [4.69, 9.17) is 14.2 Å². The van der Waals surface area contributed by atoms with Gasteiger partial charge in [-0.3, -0.25) is 4.79 Å². The van der Waals surface area contributed by atoms with E-state index in [0.717, 1.165) is 41.2 Å². The van der Waals surface area contributed by atoms with Crippen LogP contribution in [0.25, 0.3) is 0 Å². The Morgan fingerprint density at radius 3 is 2.39 bits per heavy atom. The summed E-state index contributed by atoms with van der Waals surface area (Å²) >= 11 is 0. The molecule has 7 heteroatoms. The Morgan fingerprint density at radius 2 is 1.64 bits per heavy atom. The molecular formula is C29H30N2O5. The van der Waals surface area contributed by atoms with Crippen LogP contribution in [0.15, 0.2) is 60.7 Å². The van der Waals surface area contributed by atoms with Crippen molar-refractivity contribution in [1.82, 2.24) is 0 Å². The maximum Gasteiger partial charge on any atom is 0.340 e. The molecule has 3 aromatic rings. The van der Waals surface area contributed by atoms with Gasteiger partial charge in [0.1, 0.15) is 18.0 Å². The summed E-state index contributed by atoms with van der Waals surface area (Å²) in [5.41, 5.74) is 3.48. The van der Waals surface area contributed by atoms with Crippen molar-refractivity contribution >= 4 is 23.3 Å². The molecule has 5 rings (SSSR count). The lowest BCUT2D eigenvalue weighted by atomic mass is 9.77. The Hall–Kier alpha value is -4.00. The van der Waals surface area contributed by atoms with Crippen LogP contribution in [-0.4, -0.2) is 45.2 Å². The third kappa shape index (κ3) is 3.66. The minimum atomic E-state index is -1.15. The Bertz CT molecular complexity index is 1330. The van der Waals surface area contributed by atoms with E-state index >= 15 is 0 Å². The number of hydrogen-bond acceptors (Lipinski definition) is 7. The number of anilines is 2. The van der Waals surface area contributed by atoms with Gasteiger partial charge in [-0.2, -0.15) is 0 Å². The van der Waals surface area contributed by atoms with E-state index in [1.165, 1.54) is 0 Å². The number of ether oxygens (including phenoxy) is 3. The summed E-state index contributed by atoms with van der Waals surface area (Å²) in [4.78, 5) is 29.3. The minimum absolute atomic E-state index is 0.0979. The Kier molecular flexibility index (Phi) is 6.08. The normalized spacial score (nSPS) is 16.9. The average Bonchev–Trinajstić information content (AvgIpc) is 3.17. The lowest BCUT2D eigenvalue weighted by Crippen LogP contribution is -2.34. The summed E-state index contributed by atoms with van der Waals surface area (Å²) in [7, 11) is 1.83. The van der Waals surface area contributed by atoms with Gasteiger partial charge >= 0.3 is 11.9 Å². The van der Waals surface area contributed by atoms with Crippen molar-refractivity contribution in [3.63, 3.8) is 0 Å². The molecule has 186 valence electrons. The molecule has 2 aliphatic heterocycles. The van der Waals surface area contributed by atoms with E-state index in [9.17, 15) is 9.59 Å². The molecule has 3 aromatic carbocycles. The first-order valence-corrected chi connectivity index (χ1v) is 12.3. The van der Waals surface area contributed by atoms with Crippen LogP contribution >= 0.6 is 0 Å².